The number of hydrogen-bond donors (Lipinski definition) is 0. The summed E-state index contributed by atoms with van der Waals surface area (Å²) in [6.07, 6.45) is 0.312. The van der Waals surface area contributed by atoms with E-state index in [4.69, 9.17) is 0 Å². The molecule has 0 aliphatic carbocycles. The minimum atomic E-state index is -3.47. The smallest absolute Gasteiger partial charge is 0.243 e. The fraction of sp³-hybridized carbons (Fsp3) is 0.462. The summed E-state index contributed by atoms with van der Waals surface area (Å²) >= 11 is 0. The monoisotopic (exact) mass is 267 g/mol. The highest BCUT2D eigenvalue weighted by atomic mass is 32.2. The van der Waals surface area contributed by atoms with Crippen LogP contribution in [0.25, 0.3) is 0 Å². The van der Waals surface area contributed by atoms with Crippen LogP contribution in [-0.2, 0) is 14.8 Å². The molecule has 18 heavy (non-hydrogen) atoms. The predicted octanol–water partition coefficient (Wildman–Crippen LogP) is 1.59. The van der Waals surface area contributed by atoms with Gasteiger partial charge in [-0.2, -0.15) is 4.31 Å². The number of ketones is 1. The number of sulfonamides is 1. The predicted molar refractivity (Wildman–Crippen MR) is 68.7 cm³/mol. The van der Waals surface area contributed by atoms with Crippen LogP contribution in [0.1, 0.15) is 18.9 Å². The molecule has 0 N–H and O–H groups in total. The van der Waals surface area contributed by atoms with Gasteiger partial charge in [0.2, 0.25) is 10.0 Å². The molecule has 1 aliphatic heterocycles. The molecule has 0 aromatic heterocycles. The van der Waals surface area contributed by atoms with E-state index in [-0.39, 0.29) is 18.2 Å². The number of aryl methyl sites for hydroxylation is 1. The second-order valence-corrected chi connectivity index (χ2v) is 6.65. The minimum absolute atomic E-state index is 0.145. The lowest BCUT2D eigenvalue weighted by Crippen LogP contribution is -2.43. The summed E-state index contributed by atoms with van der Waals surface area (Å²) in [5.74, 6) is -0.0659. The third kappa shape index (κ3) is 2.33. The van der Waals surface area contributed by atoms with Crippen molar-refractivity contribution in [3.63, 3.8) is 0 Å². The SMILES string of the molecule is Cc1ccccc1S(=O)(=O)N1CCC(=O)C(C)C1. The number of benzene rings is 1. The van der Waals surface area contributed by atoms with Crippen molar-refractivity contribution in [3.8, 4) is 0 Å². The molecule has 0 saturated carbocycles. The molecule has 1 saturated heterocycles. The van der Waals surface area contributed by atoms with Crippen LogP contribution in [0.5, 0.6) is 0 Å². The number of nitrogens with zero attached hydrogens (tertiary/aromatic N) is 1. The number of piperidine rings is 1. The molecule has 2 rings (SSSR count). The molecule has 98 valence electrons. The van der Waals surface area contributed by atoms with Gasteiger partial charge in [0.05, 0.1) is 4.90 Å². The maximum Gasteiger partial charge on any atom is 0.243 e. The summed E-state index contributed by atoms with van der Waals surface area (Å²) in [6, 6.07) is 6.94. The first-order chi connectivity index (χ1) is 8.43. The van der Waals surface area contributed by atoms with Crippen molar-refractivity contribution < 1.29 is 13.2 Å². The molecule has 1 heterocycles. The van der Waals surface area contributed by atoms with Crippen LogP contribution in [0.2, 0.25) is 0 Å². The molecule has 0 amide bonds. The van der Waals surface area contributed by atoms with Crippen LogP contribution in [0, 0.1) is 12.8 Å². The zero-order valence-electron chi connectivity index (χ0n) is 10.6. The van der Waals surface area contributed by atoms with Crippen LogP contribution in [0.3, 0.4) is 0 Å². The first-order valence-corrected chi connectivity index (χ1v) is 7.45. The van der Waals surface area contributed by atoms with Gasteiger partial charge < -0.3 is 0 Å². The van der Waals surface area contributed by atoms with Gasteiger partial charge in [-0.1, -0.05) is 25.1 Å². The van der Waals surface area contributed by atoms with Gasteiger partial charge in [0.1, 0.15) is 5.78 Å². The second kappa shape index (κ2) is 4.82. The Bertz CT molecular complexity index is 565. The fourth-order valence-corrected chi connectivity index (χ4v) is 3.94. The standard InChI is InChI=1S/C13H17NO3S/c1-10-5-3-4-6-13(10)18(16,17)14-8-7-12(15)11(2)9-14/h3-6,11H,7-9H2,1-2H3. The first kappa shape index (κ1) is 13.2. The number of Topliss-reactive ketones (excluding diaryl/α,β-unsaturated/α-hetero) is 1. The molecule has 1 atom stereocenters. The molecule has 1 aromatic rings. The van der Waals surface area contributed by atoms with Gasteiger partial charge in [0, 0.05) is 25.4 Å². The van der Waals surface area contributed by atoms with Gasteiger partial charge in [0.15, 0.2) is 0 Å². The number of hydrogen-bond acceptors (Lipinski definition) is 3. The zero-order valence-corrected chi connectivity index (χ0v) is 11.4. The quantitative estimate of drug-likeness (QED) is 0.817. The van der Waals surface area contributed by atoms with Crippen molar-refractivity contribution in [2.45, 2.75) is 25.2 Å². The second-order valence-electron chi connectivity index (χ2n) is 4.75. The van der Waals surface area contributed by atoms with E-state index in [1.165, 1.54) is 4.31 Å². The van der Waals surface area contributed by atoms with Gasteiger partial charge in [-0.25, -0.2) is 8.42 Å². The van der Waals surface area contributed by atoms with Crippen molar-refractivity contribution in [3.05, 3.63) is 29.8 Å². The van der Waals surface area contributed by atoms with Crippen LogP contribution < -0.4 is 0 Å². The Morgan fingerprint density at radius 1 is 1.28 bits per heavy atom. The summed E-state index contributed by atoms with van der Waals surface area (Å²) in [4.78, 5) is 11.8. The van der Waals surface area contributed by atoms with Crippen LogP contribution in [0.4, 0.5) is 0 Å². The molecule has 0 bridgehead atoms. The number of carbonyl (C=O) groups is 1. The lowest BCUT2D eigenvalue weighted by molar-refractivity contribution is -0.124. The average Bonchev–Trinajstić information content (AvgIpc) is 2.33. The van der Waals surface area contributed by atoms with Crippen molar-refractivity contribution in [2.24, 2.45) is 5.92 Å². The highest BCUT2D eigenvalue weighted by Crippen LogP contribution is 2.23. The molecule has 1 aliphatic rings. The highest BCUT2D eigenvalue weighted by Gasteiger charge is 2.32. The minimum Gasteiger partial charge on any atom is -0.299 e. The van der Waals surface area contributed by atoms with Crippen LogP contribution >= 0.6 is 0 Å². The Morgan fingerprint density at radius 2 is 1.94 bits per heavy atom. The molecule has 1 aromatic carbocycles. The van der Waals surface area contributed by atoms with E-state index in [0.717, 1.165) is 5.56 Å². The molecule has 1 fully saturated rings. The van der Waals surface area contributed by atoms with Crippen molar-refractivity contribution in [1.82, 2.24) is 4.31 Å². The molecule has 0 spiro atoms. The molecular weight excluding hydrogens is 250 g/mol. The van der Waals surface area contributed by atoms with E-state index in [9.17, 15) is 13.2 Å². The maximum atomic E-state index is 12.5. The maximum absolute atomic E-state index is 12.5. The summed E-state index contributed by atoms with van der Waals surface area (Å²) in [5, 5.41) is 0. The lowest BCUT2D eigenvalue weighted by atomic mass is 10.0. The van der Waals surface area contributed by atoms with Crippen molar-refractivity contribution in [1.29, 1.82) is 0 Å². The Balaban J connectivity index is 2.33. The lowest BCUT2D eigenvalue weighted by Gasteiger charge is -2.29. The van der Waals surface area contributed by atoms with Gasteiger partial charge in [-0.05, 0) is 18.6 Å². The molecule has 5 heteroatoms. The Labute approximate surface area is 108 Å². The van der Waals surface area contributed by atoms with E-state index in [0.29, 0.717) is 17.9 Å². The Kier molecular flexibility index (Phi) is 3.54. The van der Waals surface area contributed by atoms with Crippen LogP contribution in [-0.4, -0.2) is 31.6 Å². The topological polar surface area (TPSA) is 54.5 Å². The van der Waals surface area contributed by atoms with E-state index < -0.39 is 10.0 Å². The first-order valence-electron chi connectivity index (χ1n) is 6.01. The number of carbonyl (C=O) groups excluding carboxylic acids is 1. The average molecular weight is 267 g/mol. The fourth-order valence-electron chi connectivity index (χ4n) is 2.18. The summed E-state index contributed by atoms with van der Waals surface area (Å²) in [5.41, 5.74) is 0.738. The third-order valence-electron chi connectivity index (χ3n) is 3.35. The van der Waals surface area contributed by atoms with E-state index >= 15 is 0 Å². The highest BCUT2D eigenvalue weighted by molar-refractivity contribution is 7.89. The molecule has 1 unspecified atom stereocenters. The van der Waals surface area contributed by atoms with E-state index in [1.54, 1.807) is 32.0 Å². The van der Waals surface area contributed by atoms with E-state index in [1.807, 2.05) is 6.07 Å². The Hall–Kier alpha value is -1.20. The summed E-state index contributed by atoms with van der Waals surface area (Å²) in [7, 11) is -3.47. The molecule has 0 radical (unpaired) electrons. The number of rotatable bonds is 2. The summed E-state index contributed by atoms with van der Waals surface area (Å²) < 4.78 is 26.4. The van der Waals surface area contributed by atoms with Crippen LogP contribution in [0.15, 0.2) is 29.2 Å². The van der Waals surface area contributed by atoms with Gasteiger partial charge in [0.25, 0.3) is 0 Å². The van der Waals surface area contributed by atoms with E-state index in [2.05, 4.69) is 0 Å². The van der Waals surface area contributed by atoms with Gasteiger partial charge in [-0.15, -0.1) is 0 Å². The largest absolute Gasteiger partial charge is 0.299 e. The Morgan fingerprint density at radius 3 is 2.56 bits per heavy atom. The van der Waals surface area contributed by atoms with Crippen molar-refractivity contribution in [2.75, 3.05) is 13.1 Å². The molecule has 4 nitrogen and oxygen atoms in total. The van der Waals surface area contributed by atoms with Crippen molar-refractivity contribution >= 4 is 15.8 Å². The normalized spacial score (nSPS) is 22.1. The molecular formula is C13H17NO3S. The van der Waals surface area contributed by atoms with Gasteiger partial charge >= 0.3 is 0 Å². The van der Waals surface area contributed by atoms with Gasteiger partial charge in [-0.3, -0.25) is 4.79 Å². The third-order valence-corrected chi connectivity index (χ3v) is 5.37. The summed E-state index contributed by atoms with van der Waals surface area (Å²) in [6.45, 7) is 4.14. The zero-order chi connectivity index (χ0) is 13.3.